The summed E-state index contributed by atoms with van der Waals surface area (Å²) in [5.41, 5.74) is 0. The van der Waals surface area contributed by atoms with Crippen LogP contribution in [-0.2, 0) is 17.9 Å². The second-order valence-electron chi connectivity index (χ2n) is 0.282. The molecule has 0 aromatic rings. The second kappa shape index (κ2) is 2.66. The summed E-state index contributed by atoms with van der Waals surface area (Å²) in [6, 6.07) is 0. The average Bonchev–Trinajstić information content (AvgIpc) is 1.38. The first-order valence-electron chi connectivity index (χ1n) is 0.702. The van der Waals surface area contributed by atoms with Gasteiger partial charge in [-0.25, -0.2) is 0 Å². The van der Waals surface area contributed by atoms with E-state index in [0.717, 1.165) is 0 Å². The Kier molecular flexibility index (Phi) is 2.88. The van der Waals surface area contributed by atoms with Crippen molar-refractivity contribution in [1.82, 2.24) is 0 Å². The molecule has 0 aliphatic carbocycles. The second-order valence-corrected chi connectivity index (χ2v) is 1.95. The van der Waals surface area contributed by atoms with E-state index in [4.69, 9.17) is 5.11 Å². The number of carbonyl (C=O) groups is 1. The molecule has 0 rings (SSSR count). The van der Waals surface area contributed by atoms with Crippen molar-refractivity contribution in [1.29, 1.82) is 0 Å². The first-order valence-corrected chi connectivity index (χ1v) is 3.50. The summed E-state index contributed by atoms with van der Waals surface area (Å²) < 4.78 is -0.901. The van der Waals surface area contributed by atoms with Crippen LogP contribution in [0.1, 0.15) is 0 Å². The molecule has 34 valence electrons. The number of rotatable bonds is 1. The monoisotopic (exact) mass is 184 g/mol. The Morgan fingerprint density at radius 1 is 2.00 bits per heavy atom. The fraction of sp³-hybridized carbons (Fsp3) is 0. The van der Waals surface area contributed by atoms with Crippen LogP contribution in [0.3, 0.4) is 0 Å². The maximum absolute atomic E-state index is 9.28. The van der Waals surface area contributed by atoms with Crippen molar-refractivity contribution in [3.63, 3.8) is 0 Å². The van der Waals surface area contributed by atoms with Gasteiger partial charge in [0.05, 0.1) is 0 Å². The van der Waals surface area contributed by atoms with E-state index in [2.05, 4.69) is 9.58 Å². The number of hydrogen-bond acceptors (Lipinski definition) is 2. The van der Waals surface area contributed by atoms with Crippen molar-refractivity contribution < 1.29 is 27.8 Å². The van der Waals surface area contributed by atoms with Gasteiger partial charge in [0.2, 0.25) is 0 Å². The van der Waals surface area contributed by atoms with Gasteiger partial charge in [-0.2, -0.15) is 0 Å². The van der Waals surface area contributed by atoms with E-state index in [-0.39, 0.29) is 0 Å². The molecule has 0 radical (unpaired) electrons. The molecule has 0 aromatic heterocycles. The van der Waals surface area contributed by atoms with Crippen LogP contribution < -0.4 is 0 Å². The topological polar surface area (TPSA) is 37.3 Å². The zero-order valence-corrected chi connectivity index (χ0v) is 4.36. The molecule has 5 heavy (non-hydrogen) atoms. The van der Waals surface area contributed by atoms with Crippen molar-refractivity contribution in [2.24, 2.45) is 0 Å². The third-order valence-corrected chi connectivity index (χ3v) is 0.934. The van der Waals surface area contributed by atoms with Crippen LogP contribution in [0.5, 0.6) is 0 Å². The molecule has 0 heterocycles. The van der Waals surface area contributed by atoms with Gasteiger partial charge in [0.15, 0.2) is 0 Å². The van der Waals surface area contributed by atoms with E-state index >= 15 is 0 Å². The maximum atomic E-state index is 9.28. The van der Waals surface area contributed by atoms with Crippen molar-refractivity contribution in [2.75, 3.05) is 0 Å². The molecule has 0 atom stereocenters. The molecule has 1 N–H and O–H groups in total. The van der Waals surface area contributed by atoms with Crippen molar-refractivity contribution in [2.45, 2.75) is 0 Å². The Bertz CT molecular complexity index is 60.7. The molecule has 0 bridgehead atoms. The predicted octanol–water partition coefficient (Wildman–Crippen LogP) is 0.859. The van der Waals surface area contributed by atoms with Crippen LogP contribution in [0.4, 0.5) is 4.79 Å². The van der Waals surface area contributed by atoms with E-state index < -0.39 is 22.1 Å². The minimum absolute atomic E-state index is 0.401. The first kappa shape index (κ1) is 5.43. The number of carboxylic acid groups (broad SMARTS) is 1. The summed E-state index contributed by atoms with van der Waals surface area (Å²) in [7, 11) is 4.11. The molecule has 0 unspecified atom stereocenters. The van der Waals surface area contributed by atoms with Gasteiger partial charge in [-0.1, -0.05) is 0 Å². The van der Waals surface area contributed by atoms with Crippen LogP contribution >= 0.6 is 9.58 Å². The number of hydrogen-bond donors (Lipinski definition) is 1. The van der Waals surface area contributed by atoms with Gasteiger partial charge in [0.1, 0.15) is 0 Å². The zero-order valence-electron chi connectivity index (χ0n) is 2.07. The predicted molar refractivity (Wildman–Crippen MR) is 15.6 cm³/mol. The van der Waals surface area contributed by atoms with Crippen LogP contribution in [0.2, 0.25) is 0 Å². The van der Waals surface area contributed by atoms with Gasteiger partial charge in [0.25, 0.3) is 0 Å². The van der Waals surface area contributed by atoms with Gasteiger partial charge < -0.3 is 0 Å². The molecule has 0 saturated carbocycles. The Morgan fingerprint density at radius 2 is 2.20 bits per heavy atom. The van der Waals surface area contributed by atoms with Crippen LogP contribution in [0.25, 0.3) is 0 Å². The minimum atomic E-state index is -0.901. The standard InChI is InChI=1S/CHO2.Ag.S/c2-1-3;;/h(H,2,3);;. The fourth-order valence-corrected chi connectivity index (χ4v) is 0. The Balaban J connectivity index is 3.20. The van der Waals surface area contributed by atoms with E-state index in [1.165, 1.54) is 0 Å². The molecular weight excluding hydrogens is 184 g/mol. The zero-order chi connectivity index (χ0) is 4.28. The fourth-order valence-electron chi connectivity index (χ4n) is 0. The molecule has 0 aliphatic heterocycles. The molecule has 2 nitrogen and oxygen atoms in total. The SMILES string of the molecule is O=[C](O)[Ag]=[S]. The molecule has 0 saturated heterocycles. The Hall–Kier alpha value is 0.430. The third kappa shape index (κ3) is 4.43. The summed E-state index contributed by atoms with van der Waals surface area (Å²) in [6.45, 7) is 0. The normalized spacial score (nSPS) is 8.00. The van der Waals surface area contributed by atoms with E-state index in [1.807, 2.05) is 0 Å². The average molecular weight is 185 g/mol. The molecule has 0 fully saturated rings. The van der Waals surface area contributed by atoms with Crippen molar-refractivity contribution in [3.8, 4) is 0 Å². The van der Waals surface area contributed by atoms with Crippen molar-refractivity contribution >= 4 is 13.8 Å². The summed E-state index contributed by atoms with van der Waals surface area (Å²) in [5.74, 6) is 0. The summed E-state index contributed by atoms with van der Waals surface area (Å²) >= 11 is -0.401. The van der Waals surface area contributed by atoms with Crippen LogP contribution in [0.15, 0.2) is 0 Å². The van der Waals surface area contributed by atoms with E-state index in [0.29, 0.717) is 0 Å². The van der Waals surface area contributed by atoms with Crippen molar-refractivity contribution in [3.05, 3.63) is 0 Å². The van der Waals surface area contributed by atoms with Gasteiger partial charge >= 0.3 is 41.5 Å². The van der Waals surface area contributed by atoms with Gasteiger partial charge in [-0.15, -0.1) is 0 Å². The van der Waals surface area contributed by atoms with Gasteiger partial charge in [-0.05, 0) is 0 Å². The van der Waals surface area contributed by atoms with E-state index in [9.17, 15) is 4.79 Å². The third-order valence-electron chi connectivity index (χ3n) is 0.0527. The Labute approximate surface area is 41.8 Å². The summed E-state index contributed by atoms with van der Waals surface area (Å²) in [5, 5.41) is 7.63. The van der Waals surface area contributed by atoms with E-state index in [1.54, 1.807) is 0 Å². The quantitative estimate of drug-likeness (QED) is 0.615. The molecule has 0 amide bonds. The summed E-state index contributed by atoms with van der Waals surface area (Å²) in [6.07, 6.45) is 0. The molecule has 0 aromatic carbocycles. The molecule has 4 heteroatoms. The Morgan fingerprint density at radius 3 is 2.20 bits per heavy atom. The molecular formula is CHAgO2S. The van der Waals surface area contributed by atoms with Gasteiger partial charge in [0, 0.05) is 0 Å². The molecule has 0 aliphatic rings. The molecule has 0 spiro atoms. The summed E-state index contributed by atoms with van der Waals surface area (Å²) in [4.78, 5) is 9.28. The van der Waals surface area contributed by atoms with Gasteiger partial charge in [-0.3, -0.25) is 0 Å². The van der Waals surface area contributed by atoms with Crippen LogP contribution in [0, 0.1) is 0 Å². The van der Waals surface area contributed by atoms with Crippen LogP contribution in [-0.4, -0.2) is 9.29 Å². The first-order chi connectivity index (χ1) is 2.27.